The maximum absolute atomic E-state index is 15.2. The average Bonchev–Trinajstić information content (AvgIpc) is 3.19. The monoisotopic (exact) mass is 439 g/mol. The Kier molecular flexibility index (Phi) is 6.18. The molecule has 3 aromatic rings. The standard InChI is InChI=1S/C24H23ClFN3O2/c1-3-4-13-31-24(30)18-14(2)27-23-20(19(18)16-11-8-12-17(25)21(16)26)22(28-29-23)15-9-6-5-7-10-15/h5-12,18-19H,3-4,13H2,1-2H3,(H,28,29). The van der Waals surface area contributed by atoms with Gasteiger partial charge in [-0.05, 0) is 30.5 Å². The molecule has 2 heterocycles. The molecule has 2 unspecified atom stereocenters. The molecule has 2 atom stereocenters. The van der Waals surface area contributed by atoms with Crippen molar-refractivity contribution in [1.82, 2.24) is 10.2 Å². The van der Waals surface area contributed by atoms with E-state index in [1.54, 1.807) is 19.1 Å². The predicted octanol–water partition coefficient (Wildman–Crippen LogP) is 6.07. The summed E-state index contributed by atoms with van der Waals surface area (Å²) >= 11 is 6.11. The summed E-state index contributed by atoms with van der Waals surface area (Å²) in [4.78, 5) is 17.7. The minimum absolute atomic E-state index is 0.00192. The molecule has 0 saturated carbocycles. The smallest absolute Gasteiger partial charge is 0.315 e. The number of carbonyl (C=O) groups excluding carboxylic acids is 1. The van der Waals surface area contributed by atoms with Crippen LogP contribution in [0, 0.1) is 11.7 Å². The number of hydrogen-bond donors (Lipinski definition) is 1. The lowest BCUT2D eigenvalue weighted by Crippen LogP contribution is -2.34. The number of aromatic nitrogens is 2. The fourth-order valence-corrected chi connectivity index (χ4v) is 4.18. The van der Waals surface area contributed by atoms with Crippen molar-refractivity contribution in [2.45, 2.75) is 32.6 Å². The zero-order chi connectivity index (χ0) is 22.0. The van der Waals surface area contributed by atoms with Crippen LogP contribution in [0.3, 0.4) is 0 Å². The summed E-state index contributed by atoms with van der Waals surface area (Å²) in [6, 6.07) is 14.4. The van der Waals surface area contributed by atoms with E-state index in [0.717, 1.165) is 18.4 Å². The first-order valence-corrected chi connectivity index (χ1v) is 10.7. The maximum Gasteiger partial charge on any atom is 0.315 e. The van der Waals surface area contributed by atoms with Gasteiger partial charge in [-0.2, -0.15) is 5.10 Å². The number of nitrogens with one attached hydrogen (secondary N) is 1. The first-order valence-electron chi connectivity index (χ1n) is 10.3. The van der Waals surface area contributed by atoms with Gasteiger partial charge in [-0.1, -0.05) is 67.4 Å². The number of nitrogens with zero attached hydrogens (tertiary/aromatic N) is 2. The van der Waals surface area contributed by atoms with E-state index in [-0.39, 0.29) is 5.02 Å². The lowest BCUT2D eigenvalue weighted by Gasteiger charge is -2.30. The average molecular weight is 440 g/mol. The SMILES string of the molecule is CCCCOC(=O)C1C(C)=Nc2n[nH]c(-c3ccccc3)c2C1c1cccc(Cl)c1F. The van der Waals surface area contributed by atoms with Gasteiger partial charge in [0, 0.05) is 17.2 Å². The Morgan fingerprint density at radius 1 is 1.19 bits per heavy atom. The fourth-order valence-electron chi connectivity index (χ4n) is 4.00. The van der Waals surface area contributed by atoms with Gasteiger partial charge < -0.3 is 4.74 Å². The number of unbranched alkanes of at least 4 members (excludes halogenated alkanes) is 1. The molecule has 1 N–H and O–H groups in total. The number of carbonyl (C=O) groups is 1. The molecular formula is C24H23ClFN3O2. The number of rotatable bonds is 6. The highest BCUT2D eigenvalue weighted by Gasteiger charge is 2.43. The Morgan fingerprint density at radius 3 is 2.71 bits per heavy atom. The summed E-state index contributed by atoms with van der Waals surface area (Å²) in [5, 5.41) is 7.40. The van der Waals surface area contributed by atoms with Crippen molar-refractivity contribution in [2.75, 3.05) is 6.61 Å². The van der Waals surface area contributed by atoms with Gasteiger partial charge in [0.1, 0.15) is 11.7 Å². The highest BCUT2D eigenvalue weighted by Crippen LogP contribution is 2.47. The lowest BCUT2D eigenvalue weighted by atomic mass is 9.75. The van der Waals surface area contributed by atoms with Crippen LogP contribution in [0.25, 0.3) is 11.3 Å². The molecule has 0 aliphatic carbocycles. The van der Waals surface area contributed by atoms with Crippen LogP contribution in [-0.4, -0.2) is 28.5 Å². The number of hydrogen-bond acceptors (Lipinski definition) is 4. The molecule has 7 heteroatoms. The van der Waals surface area contributed by atoms with E-state index in [1.165, 1.54) is 6.07 Å². The van der Waals surface area contributed by atoms with Gasteiger partial charge in [0.25, 0.3) is 0 Å². The third-order valence-corrected chi connectivity index (χ3v) is 5.83. The number of esters is 1. The van der Waals surface area contributed by atoms with E-state index >= 15 is 4.39 Å². The van der Waals surface area contributed by atoms with Crippen LogP contribution in [0.1, 0.15) is 43.7 Å². The van der Waals surface area contributed by atoms with E-state index < -0.39 is 23.6 Å². The van der Waals surface area contributed by atoms with Gasteiger partial charge in [-0.15, -0.1) is 0 Å². The number of fused-ring (bicyclic) bond motifs is 1. The molecule has 0 saturated heterocycles. The van der Waals surface area contributed by atoms with Crippen LogP contribution in [0.15, 0.2) is 53.5 Å². The molecule has 31 heavy (non-hydrogen) atoms. The maximum atomic E-state index is 15.2. The Hall–Kier alpha value is -2.99. The highest BCUT2D eigenvalue weighted by molar-refractivity contribution is 6.30. The highest BCUT2D eigenvalue weighted by atomic mass is 35.5. The molecule has 0 amide bonds. The third-order valence-electron chi connectivity index (χ3n) is 5.54. The van der Waals surface area contributed by atoms with Crippen LogP contribution in [0.2, 0.25) is 5.02 Å². The van der Waals surface area contributed by atoms with Crippen molar-refractivity contribution >= 4 is 29.1 Å². The van der Waals surface area contributed by atoms with Crippen molar-refractivity contribution in [3.8, 4) is 11.3 Å². The Bertz CT molecular complexity index is 1130. The summed E-state index contributed by atoms with van der Waals surface area (Å²) in [5.41, 5.74) is 3.08. The van der Waals surface area contributed by atoms with Crippen molar-refractivity contribution < 1.29 is 13.9 Å². The molecule has 0 radical (unpaired) electrons. The summed E-state index contributed by atoms with van der Waals surface area (Å²) < 4.78 is 20.8. The van der Waals surface area contributed by atoms with Crippen molar-refractivity contribution in [2.24, 2.45) is 10.9 Å². The van der Waals surface area contributed by atoms with E-state index in [0.29, 0.717) is 35.0 Å². The molecule has 1 aliphatic rings. The second-order valence-electron chi connectivity index (χ2n) is 7.57. The van der Waals surface area contributed by atoms with Gasteiger partial charge in [-0.25, -0.2) is 9.38 Å². The predicted molar refractivity (Wildman–Crippen MR) is 119 cm³/mol. The summed E-state index contributed by atoms with van der Waals surface area (Å²) in [6.45, 7) is 4.09. The summed E-state index contributed by atoms with van der Waals surface area (Å²) in [7, 11) is 0. The fraction of sp³-hybridized carbons (Fsp3) is 0.292. The molecule has 1 aliphatic heterocycles. The first kappa shape index (κ1) is 21.2. The molecule has 4 rings (SSSR count). The number of halogens is 2. The number of aromatic amines is 1. The van der Waals surface area contributed by atoms with E-state index in [2.05, 4.69) is 15.2 Å². The van der Waals surface area contributed by atoms with Gasteiger partial charge in [0.15, 0.2) is 5.82 Å². The number of aliphatic imine (C=N–C) groups is 1. The number of ether oxygens (including phenoxy) is 1. The van der Waals surface area contributed by atoms with Crippen molar-refractivity contribution in [1.29, 1.82) is 0 Å². The van der Waals surface area contributed by atoms with E-state index in [9.17, 15) is 4.79 Å². The Morgan fingerprint density at radius 2 is 1.97 bits per heavy atom. The molecule has 2 aromatic carbocycles. The summed E-state index contributed by atoms with van der Waals surface area (Å²) in [6.07, 6.45) is 1.67. The van der Waals surface area contributed by atoms with Gasteiger partial charge in [-0.3, -0.25) is 9.89 Å². The van der Waals surface area contributed by atoms with E-state index in [4.69, 9.17) is 16.3 Å². The van der Waals surface area contributed by atoms with Crippen LogP contribution in [0.5, 0.6) is 0 Å². The third kappa shape index (κ3) is 4.00. The van der Waals surface area contributed by atoms with Gasteiger partial charge in [0.2, 0.25) is 0 Å². The molecule has 5 nitrogen and oxygen atoms in total. The molecule has 0 bridgehead atoms. The molecule has 0 spiro atoms. The zero-order valence-electron chi connectivity index (χ0n) is 17.4. The quantitative estimate of drug-likeness (QED) is 0.374. The van der Waals surface area contributed by atoms with Gasteiger partial charge >= 0.3 is 5.97 Å². The van der Waals surface area contributed by atoms with Gasteiger partial charge in [0.05, 0.1) is 17.3 Å². The largest absolute Gasteiger partial charge is 0.465 e. The minimum atomic E-state index is -0.780. The lowest BCUT2D eigenvalue weighted by molar-refractivity contribution is -0.146. The number of H-pyrrole nitrogens is 1. The molecule has 160 valence electrons. The Balaban J connectivity index is 1.89. The van der Waals surface area contributed by atoms with E-state index in [1.807, 2.05) is 37.3 Å². The van der Waals surface area contributed by atoms with Crippen LogP contribution < -0.4 is 0 Å². The second-order valence-corrected chi connectivity index (χ2v) is 7.98. The van der Waals surface area contributed by atoms with Crippen molar-refractivity contribution in [3.05, 3.63) is 70.5 Å². The van der Waals surface area contributed by atoms with Crippen molar-refractivity contribution in [3.63, 3.8) is 0 Å². The number of benzene rings is 2. The zero-order valence-corrected chi connectivity index (χ0v) is 18.1. The topological polar surface area (TPSA) is 67.3 Å². The second kappa shape index (κ2) is 9.02. The molecule has 0 fully saturated rings. The first-order chi connectivity index (χ1) is 15.0. The van der Waals surface area contributed by atoms with Crippen LogP contribution in [0.4, 0.5) is 10.2 Å². The van der Waals surface area contributed by atoms with Crippen LogP contribution in [-0.2, 0) is 9.53 Å². The molecular weight excluding hydrogens is 417 g/mol. The minimum Gasteiger partial charge on any atom is -0.465 e. The summed E-state index contributed by atoms with van der Waals surface area (Å²) in [5.74, 6) is -1.99. The van der Waals surface area contributed by atoms with Crippen LogP contribution >= 0.6 is 11.6 Å². The normalized spacial score (nSPS) is 17.7. The Labute approximate surface area is 185 Å². The molecule has 1 aromatic heterocycles.